The molecule has 23 heteroatoms. The molecule has 45 heavy (non-hydrogen) atoms. The molecule has 0 fully saturated rings. The number of nitrogens with zero attached hydrogens (tertiary/aromatic N) is 2. The van der Waals surface area contributed by atoms with E-state index in [9.17, 15) is 28.6 Å². The number of hydrogen-bond acceptors (Lipinski definition) is 19. The molecular formula is C22H37N3O17P2S. The predicted molar refractivity (Wildman–Crippen MR) is 153 cm³/mol. The Kier molecular flexibility index (Phi) is 16.7. The average Bonchev–Trinajstić information content (AvgIpc) is 3.41. The standard InChI is InChI=1S/C22H37N3O17P2S/c1-9-33-39-43(30,40-34-10-2)22(38-20(29)37-21(5,6)7,44(31,41-35-11-3)42-36-12-4)13-16(26)24-19-23-15(14-45-19)17(18(27)28)25-32-8/h14H,9-13H2,1-8H3,(H,27,28)(H,23,24,26). The molecule has 0 aliphatic heterocycles. The number of carbonyl (C=O) groups is 3. The van der Waals surface area contributed by atoms with Crippen LogP contribution in [0.1, 0.15) is 60.6 Å². The Labute approximate surface area is 262 Å². The summed E-state index contributed by atoms with van der Waals surface area (Å²) in [4.78, 5) is 65.9. The van der Waals surface area contributed by atoms with Crippen LogP contribution in [0, 0.1) is 0 Å². The summed E-state index contributed by atoms with van der Waals surface area (Å²) in [5.74, 6) is -2.74. The van der Waals surface area contributed by atoms with Gasteiger partial charge in [0.05, 0.1) is 32.8 Å². The van der Waals surface area contributed by atoms with Gasteiger partial charge in [0.25, 0.3) is 0 Å². The van der Waals surface area contributed by atoms with Crippen LogP contribution in [-0.2, 0) is 71.3 Å². The molecule has 0 aromatic carbocycles. The number of amides is 1. The second-order valence-corrected chi connectivity index (χ2v) is 14.2. The van der Waals surface area contributed by atoms with Gasteiger partial charge in [-0.3, -0.25) is 4.79 Å². The van der Waals surface area contributed by atoms with Gasteiger partial charge in [-0.2, -0.15) is 0 Å². The van der Waals surface area contributed by atoms with Crippen LogP contribution < -0.4 is 5.32 Å². The summed E-state index contributed by atoms with van der Waals surface area (Å²) in [6, 6.07) is 0. The van der Waals surface area contributed by atoms with Crippen molar-refractivity contribution >= 4 is 55.4 Å². The third-order valence-corrected chi connectivity index (χ3v) is 9.98. The largest absolute Gasteiger partial charge is 0.510 e. The number of carbonyl (C=O) groups excluding carboxylic acids is 2. The van der Waals surface area contributed by atoms with Gasteiger partial charge >= 0.3 is 32.4 Å². The molecule has 0 spiro atoms. The normalized spacial score (nSPS) is 12.9. The molecule has 258 valence electrons. The van der Waals surface area contributed by atoms with Crippen LogP contribution in [0.25, 0.3) is 0 Å². The van der Waals surface area contributed by atoms with Gasteiger partial charge in [0.1, 0.15) is 18.4 Å². The van der Waals surface area contributed by atoms with Gasteiger partial charge in [0, 0.05) is 5.38 Å². The number of carboxylic acid groups (broad SMARTS) is 1. The van der Waals surface area contributed by atoms with E-state index in [-0.39, 0.29) is 37.3 Å². The molecule has 20 nitrogen and oxygen atoms in total. The quantitative estimate of drug-likeness (QED) is 0.0573. The summed E-state index contributed by atoms with van der Waals surface area (Å²) in [5, 5.41) is 12.5. The molecule has 0 saturated heterocycles. The lowest BCUT2D eigenvalue weighted by molar-refractivity contribution is -0.283. The number of anilines is 1. The fraction of sp³-hybridized carbons (Fsp3) is 0.682. The van der Waals surface area contributed by atoms with Crippen molar-refractivity contribution in [3.63, 3.8) is 0 Å². The second-order valence-electron chi connectivity index (χ2n) is 8.92. The maximum Gasteiger partial charge on any atom is 0.510 e. The zero-order valence-corrected chi connectivity index (χ0v) is 28.4. The van der Waals surface area contributed by atoms with E-state index in [1.807, 2.05) is 0 Å². The minimum atomic E-state index is -5.54. The highest BCUT2D eigenvalue weighted by atomic mass is 32.1. The number of rotatable bonds is 21. The average molecular weight is 710 g/mol. The molecule has 2 N–H and O–H groups in total. The van der Waals surface area contributed by atoms with E-state index in [4.69, 9.17) is 47.7 Å². The van der Waals surface area contributed by atoms with E-state index in [2.05, 4.69) is 20.3 Å². The Balaban J connectivity index is 3.92. The predicted octanol–water partition coefficient (Wildman–Crippen LogP) is 4.77. The molecule has 0 saturated carbocycles. The first kappa shape index (κ1) is 40.5. The van der Waals surface area contributed by atoms with E-state index in [1.165, 1.54) is 53.8 Å². The number of nitrogens with one attached hydrogen (secondary N) is 1. The Morgan fingerprint density at radius 1 is 0.889 bits per heavy atom. The minimum absolute atomic E-state index is 0.212. The third-order valence-electron chi connectivity index (χ3n) is 4.34. The van der Waals surface area contributed by atoms with Crippen LogP contribution in [0.15, 0.2) is 10.5 Å². The van der Waals surface area contributed by atoms with Crippen molar-refractivity contribution in [3.8, 4) is 0 Å². The summed E-state index contributed by atoms with van der Waals surface area (Å²) < 4.78 is 59.4. The minimum Gasteiger partial charge on any atom is -0.476 e. The summed E-state index contributed by atoms with van der Waals surface area (Å²) in [7, 11) is -9.96. The summed E-state index contributed by atoms with van der Waals surface area (Å²) in [6.07, 6.45) is -3.09. The van der Waals surface area contributed by atoms with Gasteiger partial charge in [-0.05, 0) is 48.5 Å². The van der Waals surface area contributed by atoms with E-state index in [0.29, 0.717) is 0 Å². The molecule has 0 radical (unpaired) electrons. The summed E-state index contributed by atoms with van der Waals surface area (Å²) >= 11 is 0.731. The van der Waals surface area contributed by atoms with Crippen molar-refractivity contribution in [2.24, 2.45) is 5.16 Å². The van der Waals surface area contributed by atoms with Crippen LogP contribution >= 0.6 is 26.5 Å². The van der Waals surface area contributed by atoms with Crippen molar-refractivity contribution in [2.75, 3.05) is 38.9 Å². The maximum absolute atomic E-state index is 14.5. The molecule has 0 bridgehead atoms. The highest BCUT2D eigenvalue weighted by molar-refractivity contribution is 7.73. The number of thiazole rings is 1. The Morgan fingerprint density at radius 2 is 1.36 bits per heavy atom. The van der Waals surface area contributed by atoms with E-state index in [1.54, 1.807) is 0 Å². The molecular weight excluding hydrogens is 672 g/mol. The first-order valence-corrected chi connectivity index (χ1v) is 17.0. The van der Waals surface area contributed by atoms with Gasteiger partial charge in [-0.15, -0.1) is 30.0 Å². The molecule has 1 amide bonds. The van der Waals surface area contributed by atoms with Crippen molar-refractivity contribution in [3.05, 3.63) is 11.1 Å². The zero-order chi connectivity index (χ0) is 34.3. The topological polar surface area (TPSA) is 244 Å². The molecule has 0 aliphatic rings. The molecule has 0 atom stereocenters. The summed E-state index contributed by atoms with van der Waals surface area (Å²) in [6.45, 7) is 8.75. The lowest BCUT2D eigenvalue weighted by atomic mass is 10.2. The maximum atomic E-state index is 14.5. The first-order valence-electron chi connectivity index (χ1n) is 13.0. The van der Waals surface area contributed by atoms with Crippen molar-refractivity contribution < 1.29 is 81.2 Å². The zero-order valence-electron chi connectivity index (χ0n) is 25.8. The number of ether oxygens (including phenoxy) is 2. The van der Waals surface area contributed by atoms with E-state index in [0.717, 1.165) is 18.4 Å². The second kappa shape index (κ2) is 18.6. The lowest BCUT2D eigenvalue weighted by Gasteiger charge is -2.38. The molecule has 1 rings (SSSR count). The molecule has 0 unspecified atom stereocenters. The van der Waals surface area contributed by atoms with E-state index >= 15 is 0 Å². The molecule has 0 aliphatic carbocycles. The van der Waals surface area contributed by atoms with Crippen LogP contribution in [0.4, 0.5) is 9.93 Å². The smallest absolute Gasteiger partial charge is 0.476 e. The van der Waals surface area contributed by atoms with Gasteiger partial charge < -0.3 is 24.7 Å². The number of aromatic nitrogens is 1. The van der Waals surface area contributed by atoms with E-state index < -0.39 is 56.0 Å². The van der Waals surface area contributed by atoms with Gasteiger partial charge in [0.15, 0.2) is 5.13 Å². The SMILES string of the molecule is CCOOP(=O)(OOCC)C(CC(=O)Nc1nc(C(=NOC)C(=O)O)cs1)(OC(=O)OC(C)(C)C)P(=O)(OOCC)OOCC. The summed E-state index contributed by atoms with van der Waals surface area (Å²) in [5.41, 5.74) is -2.06. The number of oxime groups is 1. The monoisotopic (exact) mass is 709 g/mol. The lowest BCUT2D eigenvalue weighted by Crippen LogP contribution is -2.42. The van der Waals surface area contributed by atoms with Gasteiger partial charge in [0.2, 0.25) is 11.6 Å². The molecule has 1 aromatic rings. The Bertz CT molecular complexity index is 1190. The third kappa shape index (κ3) is 11.6. The molecule has 1 heterocycles. The highest BCUT2D eigenvalue weighted by Crippen LogP contribution is 2.80. The van der Waals surface area contributed by atoms with Crippen LogP contribution in [0.5, 0.6) is 0 Å². The highest BCUT2D eigenvalue weighted by Gasteiger charge is 2.74. The molecule has 1 aromatic heterocycles. The Morgan fingerprint density at radius 3 is 1.73 bits per heavy atom. The number of hydrogen-bond donors (Lipinski definition) is 2. The van der Waals surface area contributed by atoms with Crippen LogP contribution in [0.3, 0.4) is 0 Å². The fourth-order valence-electron chi connectivity index (χ4n) is 2.74. The van der Waals surface area contributed by atoms with Crippen molar-refractivity contribution in [1.29, 1.82) is 0 Å². The van der Waals surface area contributed by atoms with Crippen molar-refractivity contribution in [1.82, 2.24) is 4.98 Å². The first-order chi connectivity index (χ1) is 21.1. The van der Waals surface area contributed by atoms with Crippen LogP contribution in [-0.4, -0.2) is 78.1 Å². The number of aliphatic carboxylic acids is 1. The fourth-order valence-corrected chi connectivity index (χ4v) is 7.59. The number of carboxylic acids is 1. The van der Waals surface area contributed by atoms with Crippen molar-refractivity contribution in [2.45, 2.75) is 65.6 Å². The van der Waals surface area contributed by atoms with Gasteiger partial charge in [-0.25, -0.2) is 43.3 Å². The van der Waals surface area contributed by atoms with Gasteiger partial charge in [-0.1, -0.05) is 5.16 Å². The van der Waals surface area contributed by atoms with Crippen LogP contribution in [0.2, 0.25) is 0 Å². The Hall–Kier alpha value is -2.55.